The van der Waals surface area contributed by atoms with Crippen LogP contribution in [0.5, 0.6) is 0 Å². The van der Waals surface area contributed by atoms with Gasteiger partial charge in [-0.3, -0.25) is 10.7 Å². The van der Waals surface area contributed by atoms with Crippen LogP contribution in [0, 0.1) is 0 Å². The topological polar surface area (TPSA) is 133 Å². The van der Waals surface area contributed by atoms with Crippen LogP contribution >= 0.6 is 0 Å². The summed E-state index contributed by atoms with van der Waals surface area (Å²) in [5.74, 6) is 0.223. The number of rotatable bonds is 3. The second kappa shape index (κ2) is 4.96. The Bertz CT molecular complexity index is 618. The van der Waals surface area contributed by atoms with Gasteiger partial charge in [-0.05, 0) is 6.07 Å². The van der Waals surface area contributed by atoms with Crippen LogP contribution in [0.25, 0.3) is 11.0 Å². The maximum Gasteiger partial charge on any atom is 0.164 e. The summed E-state index contributed by atoms with van der Waals surface area (Å²) in [6.45, 7) is -0.396. The van der Waals surface area contributed by atoms with Crippen molar-refractivity contribution < 1.29 is 25.3 Å². The number of aliphatic hydroxyl groups excluding tert-OH is 3. The maximum atomic E-state index is 10.0. The molecule has 3 heterocycles. The second-order valence-corrected chi connectivity index (χ2v) is 4.52. The molecule has 4 atom stereocenters. The minimum Gasteiger partial charge on any atom is -0.394 e. The van der Waals surface area contributed by atoms with Crippen LogP contribution in [0.1, 0.15) is 6.23 Å². The quantitative estimate of drug-likeness (QED) is 0.445. The van der Waals surface area contributed by atoms with Gasteiger partial charge in [0.05, 0.1) is 12.0 Å². The first-order valence-electron chi connectivity index (χ1n) is 6.01. The molecule has 5 N–H and O–H groups in total. The van der Waals surface area contributed by atoms with E-state index in [0.29, 0.717) is 11.0 Å². The van der Waals surface area contributed by atoms with Crippen molar-refractivity contribution in [3.05, 3.63) is 18.6 Å². The normalized spacial score (nSPS) is 30.0. The number of aliphatic hydroxyl groups is 3. The fraction of sp³-hybridized carbons (Fsp3) is 0.455. The lowest BCUT2D eigenvalue weighted by Crippen LogP contribution is -2.33. The first kappa shape index (κ1) is 13.2. The van der Waals surface area contributed by atoms with Gasteiger partial charge in [0.15, 0.2) is 12.0 Å². The van der Waals surface area contributed by atoms with Gasteiger partial charge in [-0.2, -0.15) is 0 Å². The fourth-order valence-corrected chi connectivity index (χ4v) is 2.38. The average molecular weight is 282 g/mol. The highest BCUT2D eigenvalue weighted by Gasteiger charge is 2.43. The summed E-state index contributed by atoms with van der Waals surface area (Å²) in [6, 6.07) is 1.64. The fourth-order valence-electron chi connectivity index (χ4n) is 2.38. The molecule has 0 spiro atoms. The summed E-state index contributed by atoms with van der Waals surface area (Å²) in [7, 11) is 0. The lowest BCUT2D eigenvalue weighted by Gasteiger charge is -2.17. The SMILES string of the molecule is OCC1OC(n2ccc3c(NO)ncnc32)C(O)C1O. The van der Waals surface area contributed by atoms with Gasteiger partial charge in [-0.1, -0.05) is 0 Å². The summed E-state index contributed by atoms with van der Waals surface area (Å²) in [5.41, 5.74) is 2.38. The number of fused-ring (bicyclic) bond motifs is 1. The van der Waals surface area contributed by atoms with Crippen LogP contribution in [-0.2, 0) is 4.74 Å². The predicted molar refractivity (Wildman–Crippen MR) is 65.9 cm³/mol. The van der Waals surface area contributed by atoms with Gasteiger partial charge in [0.25, 0.3) is 0 Å². The maximum absolute atomic E-state index is 10.0. The van der Waals surface area contributed by atoms with Crippen molar-refractivity contribution in [2.45, 2.75) is 24.5 Å². The van der Waals surface area contributed by atoms with Crippen LogP contribution in [0.4, 0.5) is 5.82 Å². The van der Waals surface area contributed by atoms with Gasteiger partial charge in [0.1, 0.15) is 30.3 Å². The number of hydrogen-bond donors (Lipinski definition) is 5. The Morgan fingerprint density at radius 1 is 1.30 bits per heavy atom. The molecule has 1 aliphatic rings. The Morgan fingerprint density at radius 2 is 2.10 bits per heavy atom. The molecule has 0 saturated carbocycles. The van der Waals surface area contributed by atoms with Gasteiger partial charge < -0.3 is 24.6 Å². The third-order valence-corrected chi connectivity index (χ3v) is 3.41. The molecule has 108 valence electrons. The molecule has 0 radical (unpaired) electrons. The average Bonchev–Trinajstić information content (AvgIpc) is 3.01. The van der Waals surface area contributed by atoms with E-state index in [4.69, 9.17) is 15.1 Å². The molecule has 3 rings (SSSR count). The van der Waals surface area contributed by atoms with E-state index < -0.39 is 31.1 Å². The zero-order valence-corrected chi connectivity index (χ0v) is 10.3. The van der Waals surface area contributed by atoms with Crippen LogP contribution in [0.3, 0.4) is 0 Å². The molecule has 4 unspecified atom stereocenters. The highest BCUT2D eigenvalue weighted by Crippen LogP contribution is 2.32. The smallest absolute Gasteiger partial charge is 0.164 e. The summed E-state index contributed by atoms with van der Waals surface area (Å²) < 4.78 is 6.95. The summed E-state index contributed by atoms with van der Waals surface area (Å²) in [6.07, 6.45) is -1.26. The molecule has 0 amide bonds. The molecule has 0 aromatic carbocycles. The highest BCUT2D eigenvalue weighted by atomic mass is 16.6. The van der Waals surface area contributed by atoms with Gasteiger partial charge in [0.2, 0.25) is 0 Å². The number of anilines is 1. The predicted octanol–water partition coefficient (Wildman–Crippen LogP) is -1.16. The summed E-state index contributed by atoms with van der Waals surface area (Å²) >= 11 is 0. The van der Waals surface area contributed by atoms with Crippen molar-refractivity contribution in [1.82, 2.24) is 14.5 Å². The Balaban J connectivity index is 2.03. The van der Waals surface area contributed by atoms with Crippen LogP contribution in [0.2, 0.25) is 0 Å². The number of hydrogen-bond acceptors (Lipinski definition) is 8. The number of ether oxygens (including phenoxy) is 1. The van der Waals surface area contributed by atoms with Gasteiger partial charge in [-0.25, -0.2) is 9.97 Å². The minimum absolute atomic E-state index is 0.223. The lowest BCUT2D eigenvalue weighted by atomic mass is 10.1. The van der Waals surface area contributed by atoms with Crippen LogP contribution < -0.4 is 5.48 Å². The first-order chi connectivity index (χ1) is 9.67. The van der Waals surface area contributed by atoms with E-state index in [2.05, 4.69) is 9.97 Å². The van der Waals surface area contributed by atoms with E-state index in [1.54, 1.807) is 12.3 Å². The second-order valence-electron chi connectivity index (χ2n) is 4.52. The van der Waals surface area contributed by atoms with Crippen molar-refractivity contribution in [2.24, 2.45) is 0 Å². The van der Waals surface area contributed by atoms with Crippen molar-refractivity contribution >= 4 is 16.9 Å². The first-order valence-corrected chi connectivity index (χ1v) is 6.01. The van der Waals surface area contributed by atoms with E-state index >= 15 is 0 Å². The van der Waals surface area contributed by atoms with E-state index in [1.165, 1.54) is 10.9 Å². The molecule has 1 saturated heterocycles. The molecule has 1 aliphatic heterocycles. The van der Waals surface area contributed by atoms with Gasteiger partial charge in [-0.15, -0.1) is 0 Å². The molecule has 0 aliphatic carbocycles. The highest BCUT2D eigenvalue weighted by molar-refractivity contribution is 5.86. The Labute approximate surface area is 113 Å². The molecule has 1 fully saturated rings. The molecule has 9 nitrogen and oxygen atoms in total. The van der Waals surface area contributed by atoms with E-state index in [0.717, 1.165) is 0 Å². The molecule has 0 bridgehead atoms. The van der Waals surface area contributed by atoms with Crippen molar-refractivity contribution in [3.63, 3.8) is 0 Å². The van der Waals surface area contributed by atoms with Crippen molar-refractivity contribution in [2.75, 3.05) is 12.1 Å². The Kier molecular flexibility index (Phi) is 3.28. The molecule has 20 heavy (non-hydrogen) atoms. The zero-order valence-electron chi connectivity index (χ0n) is 10.3. The Hall–Kier alpha value is -1.78. The molecular formula is C11H14N4O5. The molecular weight excluding hydrogens is 268 g/mol. The standard InChI is InChI=1S/C11H14N4O5/c16-3-6-7(17)8(18)11(20-6)15-2-1-5-9(14-19)12-4-13-10(5)15/h1-2,4,6-8,11,16-19H,3H2,(H,12,13,14). The lowest BCUT2D eigenvalue weighted by molar-refractivity contribution is -0.0508. The minimum atomic E-state index is -1.19. The van der Waals surface area contributed by atoms with Crippen molar-refractivity contribution in [1.29, 1.82) is 0 Å². The number of nitrogens with one attached hydrogen (secondary N) is 1. The Morgan fingerprint density at radius 3 is 2.75 bits per heavy atom. The van der Waals surface area contributed by atoms with E-state index in [9.17, 15) is 10.2 Å². The number of nitrogens with zero attached hydrogens (tertiary/aromatic N) is 3. The molecule has 2 aromatic heterocycles. The van der Waals surface area contributed by atoms with Crippen molar-refractivity contribution in [3.8, 4) is 0 Å². The van der Waals surface area contributed by atoms with Crippen LogP contribution in [-0.4, -0.2) is 60.0 Å². The third kappa shape index (κ3) is 1.84. The monoisotopic (exact) mass is 282 g/mol. The molecule has 2 aromatic rings. The van der Waals surface area contributed by atoms with Gasteiger partial charge >= 0.3 is 0 Å². The van der Waals surface area contributed by atoms with E-state index in [1.807, 2.05) is 5.48 Å². The summed E-state index contributed by atoms with van der Waals surface area (Å²) in [5, 5.41) is 38.4. The van der Waals surface area contributed by atoms with E-state index in [-0.39, 0.29) is 5.82 Å². The largest absolute Gasteiger partial charge is 0.394 e. The third-order valence-electron chi connectivity index (χ3n) is 3.41. The van der Waals surface area contributed by atoms with Crippen LogP contribution in [0.15, 0.2) is 18.6 Å². The number of aromatic nitrogens is 3. The zero-order chi connectivity index (χ0) is 14.3. The summed E-state index contributed by atoms with van der Waals surface area (Å²) in [4.78, 5) is 7.92. The van der Waals surface area contributed by atoms with Gasteiger partial charge in [0, 0.05) is 6.20 Å². The molecule has 9 heteroatoms.